The van der Waals surface area contributed by atoms with Gasteiger partial charge in [0.1, 0.15) is 18.1 Å². The monoisotopic (exact) mass is 1040 g/mol. The quantitative estimate of drug-likeness (QED) is 0.0307. The molecule has 0 aliphatic carbocycles. The van der Waals surface area contributed by atoms with Crippen LogP contribution in [0.3, 0.4) is 0 Å². The highest BCUT2D eigenvalue weighted by atomic mass is 32.1. The van der Waals surface area contributed by atoms with Crippen molar-refractivity contribution in [3.8, 4) is 11.8 Å². The van der Waals surface area contributed by atoms with Gasteiger partial charge >= 0.3 is 19.4 Å². The number of thiophene rings is 1. The zero-order chi connectivity index (χ0) is 52.5. The zero-order valence-corrected chi connectivity index (χ0v) is 40.8. The van der Waals surface area contributed by atoms with E-state index in [0.717, 1.165) is 52.6 Å². The number of benzene rings is 3. The average Bonchev–Trinajstić information content (AvgIpc) is 4.06. The molecule has 3 aromatic carbocycles. The molecule has 23 heteroatoms. The van der Waals surface area contributed by atoms with Gasteiger partial charge in [-0.2, -0.15) is 22.0 Å². The second kappa shape index (κ2) is 20.9. The minimum Gasteiger partial charge on any atom is -0.356 e. The molecule has 5 N–H and O–H groups in total. The Morgan fingerprint density at radius 3 is 2.33 bits per heavy atom. The fourth-order valence-corrected chi connectivity index (χ4v) is 10.2. The third-order valence-corrected chi connectivity index (χ3v) is 14.7. The summed E-state index contributed by atoms with van der Waals surface area (Å²) >= 11 is 0.888. The van der Waals surface area contributed by atoms with E-state index in [0.29, 0.717) is 40.7 Å². The maximum absolute atomic E-state index is 14.5. The van der Waals surface area contributed by atoms with Crippen LogP contribution in [0.15, 0.2) is 66.7 Å². The number of nitrogens with zero attached hydrogens (tertiary/aromatic N) is 3. The van der Waals surface area contributed by atoms with Crippen LogP contribution in [0, 0.1) is 17.3 Å². The van der Waals surface area contributed by atoms with Crippen LogP contribution in [0.4, 0.5) is 27.6 Å². The van der Waals surface area contributed by atoms with Crippen molar-refractivity contribution in [2.45, 2.75) is 102 Å². The molecule has 1 aromatic heterocycles. The van der Waals surface area contributed by atoms with Gasteiger partial charge in [-0.1, -0.05) is 44.7 Å². The van der Waals surface area contributed by atoms with E-state index in [1.165, 1.54) is 21.9 Å². The molecule has 4 heterocycles. The van der Waals surface area contributed by atoms with Gasteiger partial charge < -0.3 is 35.1 Å². The molecular formula is C49H50F5N6O10PS. The number of alkyl halides is 5. The summed E-state index contributed by atoms with van der Waals surface area (Å²) in [7, 11) is -5.88. The molecule has 7 amide bonds. The van der Waals surface area contributed by atoms with Gasteiger partial charge in [-0.3, -0.25) is 43.4 Å². The Morgan fingerprint density at radius 2 is 1.67 bits per heavy atom. The van der Waals surface area contributed by atoms with Gasteiger partial charge in [0, 0.05) is 72.5 Å². The molecule has 0 spiro atoms. The maximum atomic E-state index is 14.5. The molecule has 2 saturated heterocycles. The average molecular weight is 1040 g/mol. The highest BCUT2D eigenvalue weighted by Gasteiger charge is 2.50. The second-order valence-electron chi connectivity index (χ2n) is 18.7. The molecule has 7 rings (SSSR count). The molecule has 4 aromatic rings. The number of amides is 7. The first-order valence-electron chi connectivity index (χ1n) is 22.9. The predicted octanol–water partition coefficient (Wildman–Crippen LogP) is 6.42. The predicted molar refractivity (Wildman–Crippen MR) is 253 cm³/mol. The lowest BCUT2D eigenvalue weighted by Gasteiger charge is -2.36. The van der Waals surface area contributed by atoms with E-state index in [9.17, 15) is 69.9 Å². The van der Waals surface area contributed by atoms with E-state index < -0.39 is 89.5 Å². The lowest BCUT2D eigenvalue weighted by molar-refractivity contribution is -0.141. The fraction of sp³-hybridized carbons (Fsp3) is 0.408. The lowest BCUT2D eigenvalue weighted by Crippen LogP contribution is -2.58. The summed E-state index contributed by atoms with van der Waals surface area (Å²) in [5.74, 6) is 2.28. The van der Waals surface area contributed by atoms with Gasteiger partial charge in [-0.05, 0) is 96.6 Å². The molecule has 3 atom stereocenters. The molecule has 3 aliphatic heterocycles. The van der Waals surface area contributed by atoms with Crippen LogP contribution in [-0.2, 0) is 46.9 Å². The highest BCUT2D eigenvalue weighted by Crippen LogP contribution is 2.59. The third-order valence-electron chi connectivity index (χ3n) is 12.6. The number of likely N-dealkylation sites (tertiary alicyclic amines) is 1. The van der Waals surface area contributed by atoms with Gasteiger partial charge in [0.25, 0.3) is 11.8 Å². The van der Waals surface area contributed by atoms with Gasteiger partial charge in [-0.25, -0.2) is 0 Å². The summed E-state index contributed by atoms with van der Waals surface area (Å²) in [6.07, 6.45) is -3.38. The Kier molecular flexibility index (Phi) is 15.5. The van der Waals surface area contributed by atoms with Gasteiger partial charge in [-0.15, -0.1) is 11.3 Å². The van der Waals surface area contributed by atoms with Crippen LogP contribution >= 0.6 is 18.9 Å². The number of carbonyl (C=O) groups is 7. The number of hydrogen-bond acceptors (Lipinski definition) is 9. The van der Waals surface area contributed by atoms with E-state index in [1.807, 2.05) is 0 Å². The first kappa shape index (κ1) is 53.3. The smallest absolute Gasteiger partial charge is 0.356 e. The summed E-state index contributed by atoms with van der Waals surface area (Å²) in [4.78, 5) is 115. The van der Waals surface area contributed by atoms with Crippen LogP contribution < -0.4 is 20.9 Å². The van der Waals surface area contributed by atoms with Crippen molar-refractivity contribution in [2.24, 2.45) is 5.41 Å². The number of hydrogen-bond donors (Lipinski definition) is 5. The van der Waals surface area contributed by atoms with Crippen LogP contribution in [0.1, 0.15) is 108 Å². The molecule has 0 bridgehead atoms. The zero-order valence-electron chi connectivity index (χ0n) is 39.1. The number of nitrogens with one attached hydrogen (secondary N) is 3. The van der Waals surface area contributed by atoms with Gasteiger partial charge in [0.15, 0.2) is 0 Å². The molecule has 2 fully saturated rings. The maximum Gasteiger partial charge on any atom is 0.416 e. The van der Waals surface area contributed by atoms with Crippen LogP contribution in [0.2, 0.25) is 0 Å². The highest BCUT2D eigenvalue weighted by molar-refractivity contribution is 7.52. The largest absolute Gasteiger partial charge is 0.416 e. The molecule has 0 radical (unpaired) electrons. The number of anilines is 1. The van der Waals surface area contributed by atoms with Gasteiger partial charge in [0.05, 0.1) is 10.4 Å². The number of unbranched alkanes of at least 4 members (excludes halogenated alkanes) is 1. The Hall–Kier alpha value is -6.53. The number of fused-ring (bicyclic) bond motifs is 2. The van der Waals surface area contributed by atoms with Crippen molar-refractivity contribution < 1.29 is 69.9 Å². The molecule has 382 valence electrons. The van der Waals surface area contributed by atoms with E-state index in [4.69, 9.17) is 0 Å². The fourth-order valence-electron chi connectivity index (χ4n) is 8.76. The van der Waals surface area contributed by atoms with Crippen LogP contribution in [0.5, 0.6) is 0 Å². The Balaban J connectivity index is 0.995. The molecule has 1 unspecified atom stereocenters. The molecule has 72 heavy (non-hydrogen) atoms. The molecule has 0 saturated carbocycles. The molecule has 3 aliphatic rings. The van der Waals surface area contributed by atoms with E-state index in [1.54, 1.807) is 39.0 Å². The number of halogens is 5. The first-order chi connectivity index (χ1) is 33.8. The van der Waals surface area contributed by atoms with Crippen molar-refractivity contribution in [1.29, 1.82) is 0 Å². The van der Waals surface area contributed by atoms with E-state index in [2.05, 4.69) is 27.8 Å². The van der Waals surface area contributed by atoms with Crippen molar-refractivity contribution >= 4 is 76.1 Å². The van der Waals surface area contributed by atoms with E-state index in [-0.39, 0.29) is 73.7 Å². The summed E-state index contributed by atoms with van der Waals surface area (Å²) in [5.41, 5.74) is -5.68. The van der Waals surface area contributed by atoms with Crippen LogP contribution in [-0.4, -0.2) is 98.7 Å². The standard InChI is InChI=1S/C49H50F5N6O10PS/c1-47(2,3)41(57-43(64)38-26-29-25-31(15-19-37(29)72-38)49(53,54)71(68,69)70)46(67)59-23-8-12-36(59)45(66)58(32-16-13-30(14-17-32)48(50,51)52)24-21-39(61)55-22-6-4-5-9-28-10-7-11-33-34(28)27-60(44(33)65)35-18-20-40(62)56-42(35)63/h7,10-11,13-17,19,25-26,35-36,41H,4,6,8,12,18,20-24,27H2,1-3H3,(H,55,61)(H,57,64)(H,56,62,63)(H2,68,69,70)/t35?,36-,41+/m0/s1. The third kappa shape index (κ3) is 11.5. The number of carbonyl (C=O) groups excluding carboxylic acids is 7. The minimum atomic E-state index is -5.88. The Morgan fingerprint density at radius 1 is 0.958 bits per heavy atom. The van der Waals surface area contributed by atoms with Gasteiger partial charge in [0.2, 0.25) is 29.5 Å². The number of imide groups is 1. The Labute approximate surface area is 413 Å². The van der Waals surface area contributed by atoms with Crippen molar-refractivity contribution in [2.75, 3.05) is 24.5 Å². The van der Waals surface area contributed by atoms with Crippen molar-refractivity contribution in [1.82, 2.24) is 25.8 Å². The number of rotatable bonds is 14. The summed E-state index contributed by atoms with van der Waals surface area (Å²) in [5, 5.41) is 7.84. The normalized spacial score (nSPS) is 17.8. The first-order valence-corrected chi connectivity index (χ1v) is 25.3. The molecule has 16 nitrogen and oxygen atoms in total. The van der Waals surface area contributed by atoms with Crippen molar-refractivity contribution in [3.05, 3.63) is 99.4 Å². The lowest BCUT2D eigenvalue weighted by atomic mass is 9.85. The topological polar surface area (TPSA) is 223 Å². The summed E-state index contributed by atoms with van der Waals surface area (Å²) in [6.45, 7) is 5.13. The second-order valence-corrected chi connectivity index (χ2v) is 21.4. The summed E-state index contributed by atoms with van der Waals surface area (Å²) in [6, 6.07) is 9.85. The molecular weight excluding hydrogens is 991 g/mol. The summed E-state index contributed by atoms with van der Waals surface area (Å²) < 4.78 is 81.6. The Bertz CT molecular complexity index is 2940. The number of piperidine rings is 1. The SMILES string of the molecule is CC(C)(C)[C@H](NC(=O)c1cc2cc(C(F)(F)P(=O)(O)O)ccc2s1)C(=O)N1CCC[C@H]1C(=O)N(CCC(=O)NCCCC#Cc1cccc2c1CN(C1CCC(=O)NC1=O)C2=O)c1ccc(C(F)(F)F)cc1. The van der Waals surface area contributed by atoms with Crippen molar-refractivity contribution in [3.63, 3.8) is 0 Å². The minimum absolute atomic E-state index is 0.00664. The van der Waals surface area contributed by atoms with Crippen LogP contribution in [0.25, 0.3) is 10.1 Å². The van der Waals surface area contributed by atoms with E-state index >= 15 is 0 Å².